The second kappa shape index (κ2) is 7.19. The Morgan fingerprint density at radius 3 is 2.73 bits per heavy atom. The minimum atomic E-state index is -0.0734. The fourth-order valence-electron chi connectivity index (χ4n) is 3.78. The number of piperidine rings is 1. The molecule has 0 spiro atoms. The normalized spacial score (nSPS) is 15.7. The molecule has 3 aromatic rings. The van der Waals surface area contributed by atoms with Crippen LogP contribution in [0.25, 0.3) is 4.96 Å². The fourth-order valence-corrected chi connectivity index (χ4v) is 4.76. The predicted octanol–water partition coefficient (Wildman–Crippen LogP) is 3.80. The molecule has 0 unspecified atom stereocenters. The summed E-state index contributed by atoms with van der Waals surface area (Å²) >= 11 is 1.52. The van der Waals surface area contributed by atoms with E-state index in [0.29, 0.717) is 10.9 Å². The molecule has 1 aliphatic heterocycles. The molecule has 0 radical (unpaired) electrons. The molecule has 5 nitrogen and oxygen atoms in total. The standard InChI is InChI=1S/C20H24N4OS/c1-3-6-16-13-18(25)24-19(21-16)26-20(22-24)23-11-9-15(10-12-23)17-8-5-4-7-14(17)2/h4-5,7-8,13,15H,3,6,9-12H2,1-2H3. The van der Waals surface area contributed by atoms with E-state index in [4.69, 9.17) is 0 Å². The molecule has 1 aliphatic rings. The first-order valence-corrected chi connectivity index (χ1v) is 10.2. The van der Waals surface area contributed by atoms with Crippen LogP contribution >= 0.6 is 11.3 Å². The zero-order valence-corrected chi connectivity index (χ0v) is 16.1. The summed E-state index contributed by atoms with van der Waals surface area (Å²) in [6.07, 6.45) is 4.05. The second-order valence-electron chi connectivity index (χ2n) is 7.03. The number of aromatic nitrogens is 3. The average molecular weight is 369 g/mol. The van der Waals surface area contributed by atoms with Crippen molar-refractivity contribution in [2.24, 2.45) is 0 Å². The highest BCUT2D eigenvalue weighted by atomic mass is 32.1. The molecular formula is C20H24N4OS. The van der Waals surface area contributed by atoms with Gasteiger partial charge < -0.3 is 4.90 Å². The van der Waals surface area contributed by atoms with Gasteiger partial charge in [0.05, 0.1) is 0 Å². The number of benzene rings is 1. The largest absolute Gasteiger partial charge is 0.347 e. The Hall–Kier alpha value is -2.21. The van der Waals surface area contributed by atoms with Gasteiger partial charge in [0.15, 0.2) is 0 Å². The first-order valence-electron chi connectivity index (χ1n) is 9.36. The zero-order valence-electron chi connectivity index (χ0n) is 15.3. The Labute approximate surface area is 157 Å². The maximum Gasteiger partial charge on any atom is 0.275 e. The molecule has 1 aromatic carbocycles. The molecule has 0 aliphatic carbocycles. The molecule has 0 N–H and O–H groups in total. The zero-order chi connectivity index (χ0) is 18.1. The van der Waals surface area contributed by atoms with Crippen LogP contribution in [0.15, 0.2) is 35.1 Å². The summed E-state index contributed by atoms with van der Waals surface area (Å²) in [7, 11) is 0. The molecule has 0 atom stereocenters. The van der Waals surface area contributed by atoms with E-state index >= 15 is 0 Å². The van der Waals surface area contributed by atoms with E-state index in [1.165, 1.54) is 27.0 Å². The SMILES string of the molecule is CCCc1cc(=O)n2nc(N3CCC(c4ccccc4C)CC3)sc2n1. The molecule has 136 valence electrons. The quantitative estimate of drug-likeness (QED) is 0.703. The lowest BCUT2D eigenvalue weighted by atomic mass is 9.87. The van der Waals surface area contributed by atoms with Gasteiger partial charge in [-0.1, -0.05) is 48.9 Å². The van der Waals surface area contributed by atoms with Crippen LogP contribution in [0.5, 0.6) is 0 Å². The topological polar surface area (TPSA) is 50.5 Å². The van der Waals surface area contributed by atoms with Crippen molar-refractivity contribution in [3.63, 3.8) is 0 Å². The van der Waals surface area contributed by atoms with E-state index < -0.39 is 0 Å². The van der Waals surface area contributed by atoms with Gasteiger partial charge in [-0.05, 0) is 43.2 Å². The van der Waals surface area contributed by atoms with Gasteiger partial charge in [0.1, 0.15) is 0 Å². The van der Waals surface area contributed by atoms with Gasteiger partial charge in [0, 0.05) is 24.8 Å². The molecule has 3 heterocycles. The van der Waals surface area contributed by atoms with Crippen LogP contribution in [0, 0.1) is 6.92 Å². The number of hydrogen-bond acceptors (Lipinski definition) is 5. The van der Waals surface area contributed by atoms with Crippen molar-refractivity contribution in [3.05, 3.63) is 57.5 Å². The maximum absolute atomic E-state index is 12.3. The summed E-state index contributed by atoms with van der Waals surface area (Å²) < 4.78 is 1.45. The van der Waals surface area contributed by atoms with Crippen LogP contribution in [0.1, 0.15) is 48.9 Å². The molecule has 0 saturated carbocycles. The van der Waals surface area contributed by atoms with E-state index in [-0.39, 0.29) is 5.56 Å². The third-order valence-electron chi connectivity index (χ3n) is 5.19. The van der Waals surface area contributed by atoms with Crippen molar-refractivity contribution < 1.29 is 0 Å². The van der Waals surface area contributed by atoms with Gasteiger partial charge in [0.2, 0.25) is 10.1 Å². The van der Waals surface area contributed by atoms with Crippen LogP contribution in [0.2, 0.25) is 0 Å². The van der Waals surface area contributed by atoms with Crippen molar-refractivity contribution in [1.82, 2.24) is 14.6 Å². The van der Waals surface area contributed by atoms with Crippen molar-refractivity contribution in [3.8, 4) is 0 Å². The predicted molar refractivity (Wildman–Crippen MR) is 106 cm³/mol. The smallest absolute Gasteiger partial charge is 0.275 e. The number of rotatable bonds is 4. The van der Waals surface area contributed by atoms with E-state index in [2.05, 4.69) is 53.1 Å². The van der Waals surface area contributed by atoms with Crippen LogP contribution in [-0.2, 0) is 6.42 Å². The minimum Gasteiger partial charge on any atom is -0.347 e. The molecule has 0 amide bonds. The Morgan fingerprint density at radius 1 is 1.23 bits per heavy atom. The summed E-state index contributed by atoms with van der Waals surface area (Å²) in [6, 6.07) is 10.3. The van der Waals surface area contributed by atoms with Gasteiger partial charge in [0.25, 0.3) is 5.56 Å². The lowest BCUT2D eigenvalue weighted by Crippen LogP contribution is -2.33. The fraction of sp³-hybridized carbons (Fsp3) is 0.450. The second-order valence-corrected chi connectivity index (χ2v) is 7.97. The van der Waals surface area contributed by atoms with Crippen molar-refractivity contribution in [2.75, 3.05) is 18.0 Å². The lowest BCUT2D eigenvalue weighted by Gasteiger charge is -2.32. The van der Waals surface area contributed by atoms with Gasteiger partial charge in [-0.25, -0.2) is 4.98 Å². The van der Waals surface area contributed by atoms with E-state index in [1.807, 2.05) is 0 Å². The van der Waals surface area contributed by atoms with E-state index in [1.54, 1.807) is 6.07 Å². The third-order valence-corrected chi connectivity index (χ3v) is 6.16. The molecule has 1 fully saturated rings. The van der Waals surface area contributed by atoms with Gasteiger partial charge in [-0.2, -0.15) is 4.52 Å². The summed E-state index contributed by atoms with van der Waals surface area (Å²) in [5.74, 6) is 0.610. The monoisotopic (exact) mass is 368 g/mol. The molecule has 26 heavy (non-hydrogen) atoms. The summed E-state index contributed by atoms with van der Waals surface area (Å²) in [4.78, 5) is 19.9. The highest BCUT2D eigenvalue weighted by Gasteiger charge is 2.24. The van der Waals surface area contributed by atoms with Crippen LogP contribution in [0.3, 0.4) is 0 Å². The first kappa shape index (κ1) is 17.2. The number of hydrogen-bond donors (Lipinski definition) is 0. The molecule has 2 aromatic heterocycles. The number of nitrogens with zero attached hydrogens (tertiary/aromatic N) is 4. The van der Waals surface area contributed by atoms with Gasteiger partial charge >= 0.3 is 0 Å². The molecule has 0 bridgehead atoms. The van der Waals surface area contributed by atoms with Crippen molar-refractivity contribution in [1.29, 1.82) is 0 Å². The van der Waals surface area contributed by atoms with Gasteiger partial charge in [-0.3, -0.25) is 4.79 Å². The maximum atomic E-state index is 12.3. The van der Waals surface area contributed by atoms with E-state index in [0.717, 1.165) is 49.6 Å². The van der Waals surface area contributed by atoms with Crippen molar-refractivity contribution >= 4 is 21.4 Å². The molecular weight excluding hydrogens is 344 g/mol. The Morgan fingerprint density at radius 2 is 2.00 bits per heavy atom. The summed E-state index contributed by atoms with van der Waals surface area (Å²) in [5, 5.41) is 5.45. The van der Waals surface area contributed by atoms with Crippen LogP contribution in [-0.4, -0.2) is 27.7 Å². The Bertz CT molecular complexity index is 969. The van der Waals surface area contributed by atoms with Crippen LogP contribution in [0.4, 0.5) is 5.13 Å². The van der Waals surface area contributed by atoms with E-state index in [9.17, 15) is 4.79 Å². The minimum absolute atomic E-state index is 0.0734. The molecule has 1 saturated heterocycles. The first-order chi connectivity index (χ1) is 12.7. The highest BCUT2D eigenvalue weighted by Crippen LogP contribution is 2.33. The lowest BCUT2D eigenvalue weighted by molar-refractivity contribution is 0.502. The number of aryl methyl sites for hydroxylation is 2. The van der Waals surface area contributed by atoms with Crippen molar-refractivity contribution in [2.45, 2.75) is 45.4 Å². The third kappa shape index (κ3) is 3.26. The highest BCUT2D eigenvalue weighted by molar-refractivity contribution is 7.20. The average Bonchev–Trinajstić information content (AvgIpc) is 3.07. The molecule has 4 rings (SSSR count). The summed E-state index contributed by atoms with van der Waals surface area (Å²) in [5.41, 5.74) is 3.64. The van der Waals surface area contributed by atoms with Crippen LogP contribution < -0.4 is 10.5 Å². The Kier molecular flexibility index (Phi) is 4.76. The number of fused-ring (bicyclic) bond motifs is 1. The molecule has 6 heteroatoms. The summed E-state index contributed by atoms with van der Waals surface area (Å²) in [6.45, 7) is 6.23. The van der Waals surface area contributed by atoms with Gasteiger partial charge in [-0.15, -0.1) is 5.10 Å². The number of anilines is 1. The Balaban J connectivity index is 1.53.